The van der Waals surface area contributed by atoms with E-state index in [9.17, 15) is 9.18 Å². The summed E-state index contributed by atoms with van der Waals surface area (Å²) < 4.78 is 29.0. The average Bonchev–Trinajstić information content (AvgIpc) is 3.00. The van der Waals surface area contributed by atoms with Gasteiger partial charge in [-0.2, -0.15) is 0 Å². The molecular weight excluding hydrogens is 323 g/mol. The van der Waals surface area contributed by atoms with Crippen molar-refractivity contribution in [2.24, 2.45) is 0 Å². The van der Waals surface area contributed by atoms with Gasteiger partial charge in [0.2, 0.25) is 6.79 Å². The molecule has 0 amide bonds. The van der Waals surface area contributed by atoms with Crippen LogP contribution in [-0.4, -0.2) is 12.8 Å². The van der Waals surface area contributed by atoms with E-state index in [1.54, 1.807) is 24.3 Å². The van der Waals surface area contributed by atoms with Crippen molar-refractivity contribution in [1.29, 1.82) is 0 Å². The van der Waals surface area contributed by atoms with Crippen LogP contribution in [0.1, 0.15) is 11.1 Å². The summed E-state index contributed by atoms with van der Waals surface area (Å²) in [5.41, 5.74) is 0.911. The Balaban J connectivity index is 1.61. The van der Waals surface area contributed by atoms with E-state index in [1.807, 2.05) is 0 Å². The molecule has 0 atom stereocenters. The van der Waals surface area contributed by atoms with Crippen molar-refractivity contribution in [3.8, 4) is 11.5 Å². The van der Waals surface area contributed by atoms with Gasteiger partial charge in [-0.05, 0) is 35.9 Å². The highest BCUT2D eigenvalue weighted by Gasteiger charge is 2.12. The van der Waals surface area contributed by atoms with Crippen molar-refractivity contribution < 1.29 is 23.4 Å². The Bertz CT molecular complexity index is 753. The highest BCUT2D eigenvalue weighted by Crippen LogP contribution is 2.32. The molecule has 2 aromatic rings. The Morgan fingerprint density at radius 1 is 1.26 bits per heavy atom. The molecule has 0 aromatic heterocycles. The first-order valence-corrected chi connectivity index (χ1v) is 7.18. The third kappa shape index (κ3) is 3.63. The number of halogens is 2. The van der Waals surface area contributed by atoms with E-state index < -0.39 is 11.8 Å². The second-order valence-corrected chi connectivity index (χ2v) is 5.16. The first-order valence-electron chi connectivity index (χ1n) is 6.81. The van der Waals surface area contributed by atoms with Gasteiger partial charge in [-0.3, -0.25) is 0 Å². The van der Waals surface area contributed by atoms with Gasteiger partial charge in [0.1, 0.15) is 12.4 Å². The molecule has 1 aliphatic rings. The lowest BCUT2D eigenvalue weighted by atomic mass is 10.2. The number of fused-ring (bicyclic) bond motifs is 1. The van der Waals surface area contributed by atoms with Gasteiger partial charge in [0.05, 0.1) is 5.02 Å². The molecule has 23 heavy (non-hydrogen) atoms. The highest BCUT2D eigenvalue weighted by molar-refractivity contribution is 6.31. The minimum absolute atomic E-state index is 0.152. The topological polar surface area (TPSA) is 44.8 Å². The quantitative estimate of drug-likeness (QED) is 0.627. The fourth-order valence-electron chi connectivity index (χ4n) is 2.04. The van der Waals surface area contributed by atoms with Crippen molar-refractivity contribution in [2.75, 3.05) is 6.79 Å². The fourth-order valence-corrected chi connectivity index (χ4v) is 2.26. The van der Waals surface area contributed by atoms with Crippen molar-refractivity contribution in [3.05, 3.63) is 64.4 Å². The van der Waals surface area contributed by atoms with Gasteiger partial charge >= 0.3 is 5.97 Å². The van der Waals surface area contributed by atoms with Crippen LogP contribution in [0.2, 0.25) is 5.02 Å². The van der Waals surface area contributed by atoms with Crippen LogP contribution >= 0.6 is 11.6 Å². The van der Waals surface area contributed by atoms with Crippen LogP contribution in [0, 0.1) is 5.82 Å². The predicted octanol–water partition coefficient (Wildman–Crippen LogP) is 3.96. The second kappa shape index (κ2) is 6.71. The van der Waals surface area contributed by atoms with Crippen molar-refractivity contribution in [1.82, 2.24) is 0 Å². The molecule has 0 N–H and O–H groups in total. The summed E-state index contributed by atoms with van der Waals surface area (Å²) >= 11 is 5.86. The fraction of sp³-hybridized carbons (Fsp3) is 0.118. The maximum absolute atomic E-state index is 13.6. The molecule has 1 aliphatic heterocycles. The Kier molecular flexibility index (Phi) is 4.48. The second-order valence-electron chi connectivity index (χ2n) is 4.75. The molecule has 0 radical (unpaired) electrons. The first kappa shape index (κ1) is 15.4. The summed E-state index contributed by atoms with van der Waals surface area (Å²) in [6.45, 7) is -0.0379. The van der Waals surface area contributed by atoms with Crippen LogP contribution in [0.15, 0.2) is 42.5 Å². The Hall–Kier alpha value is -2.53. The van der Waals surface area contributed by atoms with E-state index in [4.69, 9.17) is 25.8 Å². The number of hydrogen-bond donors (Lipinski definition) is 0. The van der Waals surface area contributed by atoms with Crippen LogP contribution in [0.4, 0.5) is 4.39 Å². The number of carbonyl (C=O) groups is 1. The van der Waals surface area contributed by atoms with Crippen molar-refractivity contribution >= 4 is 23.6 Å². The summed E-state index contributed by atoms with van der Waals surface area (Å²) in [4.78, 5) is 11.7. The Morgan fingerprint density at radius 2 is 2.09 bits per heavy atom. The zero-order chi connectivity index (χ0) is 16.2. The molecular formula is C17H12ClFO4. The zero-order valence-corrected chi connectivity index (χ0v) is 12.7. The standard InChI is InChI=1S/C17H12ClFO4/c18-13-2-1-3-14(19)12(13)9-21-17(20)7-5-11-4-6-15-16(8-11)23-10-22-15/h1-8H,9-10H2. The highest BCUT2D eigenvalue weighted by atomic mass is 35.5. The Labute approximate surface area is 137 Å². The lowest BCUT2D eigenvalue weighted by molar-refractivity contribution is -0.138. The van der Waals surface area contributed by atoms with E-state index in [0.717, 1.165) is 5.56 Å². The lowest BCUT2D eigenvalue weighted by Crippen LogP contribution is -2.03. The van der Waals surface area contributed by atoms with Crippen LogP contribution in [-0.2, 0) is 16.1 Å². The summed E-state index contributed by atoms with van der Waals surface area (Å²) in [5, 5.41) is 0.220. The number of benzene rings is 2. The zero-order valence-electron chi connectivity index (χ0n) is 11.9. The number of carbonyl (C=O) groups excluding carboxylic acids is 1. The number of esters is 1. The number of hydrogen-bond acceptors (Lipinski definition) is 4. The van der Waals surface area contributed by atoms with E-state index >= 15 is 0 Å². The van der Waals surface area contributed by atoms with Gasteiger partial charge in [0.15, 0.2) is 11.5 Å². The molecule has 0 bridgehead atoms. The predicted molar refractivity (Wildman–Crippen MR) is 82.8 cm³/mol. The SMILES string of the molecule is O=C(C=Cc1ccc2c(c1)OCO2)OCc1c(F)cccc1Cl. The number of ether oxygens (including phenoxy) is 3. The molecule has 118 valence electrons. The summed E-state index contributed by atoms with van der Waals surface area (Å²) in [6.07, 6.45) is 2.83. The van der Waals surface area contributed by atoms with Crippen LogP contribution < -0.4 is 9.47 Å². The maximum Gasteiger partial charge on any atom is 0.331 e. The van der Waals surface area contributed by atoms with Gasteiger partial charge in [-0.15, -0.1) is 0 Å². The minimum Gasteiger partial charge on any atom is -0.457 e. The van der Waals surface area contributed by atoms with Gasteiger partial charge in [-0.25, -0.2) is 9.18 Å². The van der Waals surface area contributed by atoms with Crippen LogP contribution in [0.25, 0.3) is 6.08 Å². The van der Waals surface area contributed by atoms with Crippen molar-refractivity contribution in [2.45, 2.75) is 6.61 Å². The molecule has 0 saturated heterocycles. The third-order valence-corrected chi connectivity index (χ3v) is 3.58. The maximum atomic E-state index is 13.6. The largest absolute Gasteiger partial charge is 0.457 e. The lowest BCUT2D eigenvalue weighted by Gasteiger charge is -2.05. The summed E-state index contributed by atoms with van der Waals surface area (Å²) in [7, 11) is 0. The molecule has 0 saturated carbocycles. The smallest absolute Gasteiger partial charge is 0.331 e. The normalized spacial score (nSPS) is 12.6. The molecule has 0 spiro atoms. The van der Waals surface area contributed by atoms with Crippen LogP contribution in [0.5, 0.6) is 11.5 Å². The van der Waals surface area contributed by atoms with Gasteiger partial charge < -0.3 is 14.2 Å². The van der Waals surface area contributed by atoms with E-state index in [1.165, 1.54) is 24.3 Å². The van der Waals surface area contributed by atoms with E-state index in [0.29, 0.717) is 11.5 Å². The minimum atomic E-state index is -0.595. The monoisotopic (exact) mass is 334 g/mol. The molecule has 0 unspecified atom stereocenters. The molecule has 1 heterocycles. The van der Waals surface area contributed by atoms with Gasteiger partial charge in [0, 0.05) is 11.6 Å². The van der Waals surface area contributed by atoms with Crippen LogP contribution in [0.3, 0.4) is 0 Å². The Morgan fingerprint density at radius 3 is 2.91 bits per heavy atom. The summed E-state index contributed by atoms with van der Waals surface area (Å²) in [6, 6.07) is 9.58. The molecule has 3 rings (SSSR count). The molecule has 0 aliphatic carbocycles. The first-order chi connectivity index (χ1) is 11.1. The molecule has 4 nitrogen and oxygen atoms in total. The van der Waals surface area contributed by atoms with E-state index in [2.05, 4.69) is 0 Å². The average molecular weight is 335 g/mol. The number of rotatable bonds is 4. The summed E-state index contributed by atoms with van der Waals surface area (Å²) in [5.74, 6) is 0.185. The molecule has 2 aromatic carbocycles. The van der Waals surface area contributed by atoms with Crippen molar-refractivity contribution in [3.63, 3.8) is 0 Å². The van der Waals surface area contributed by atoms with E-state index in [-0.39, 0.29) is 24.0 Å². The van der Waals surface area contributed by atoms with Gasteiger partial charge in [0.25, 0.3) is 0 Å². The molecule has 6 heteroatoms. The van der Waals surface area contributed by atoms with Gasteiger partial charge in [-0.1, -0.05) is 23.7 Å². The molecule has 0 fully saturated rings. The third-order valence-electron chi connectivity index (χ3n) is 3.23.